The molecule has 4 aromatic rings. The van der Waals surface area contributed by atoms with Crippen molar-refractivity contribution in [3.63, 3.8) is 0 Å². The van der Waals surface area contributed by atoms with Crippen LogP contribution in [0.4, 0.5) is 0 Å². The molecule has 8 heteroatoms. The standard InChI is InChI=1S/C20H19ClN4O2S/c1-2-11-24-18(27)15-5-3-4-6-16(15)25-19(24)22-23-20(25)28-12-17(26)13-7-9-14(21)10-8-13/h3-10,17,26H,2,11-12H2,1H3. The van der Waals surface area contributed by atoms with Crippen molar-refractivity contribution in [3.8, 4) is 0 Å². The summed E-state index contributed by atoms with van der Waals surface area (Å²) in [5.41, 5.74) is 1.50. The summed E-state index contributed by atoms with van der Waals surface area (Å²) < 4.78 is 3.56. The molecular weight excluding hydrogens is 396 g/mol. The van der Waals surface area contributed by atoms with Crippen LogP contribution in [0, 0.1) is 0 Å². The van der Waals surface area contributed by atoms with E-state index in [1.165, 1.54) is 11.8 Å². The van der Waals surface area contributed by atoms with E-state index in [4.69, 9.17) is 11.6 Å². The summed E-state index contributed by atoms with van der Waals surface area (Å²) in [4.78, 5) is 12.8. The minimum atomic E-state index is -0.664. The van der Waals surface area contributed by atoms with Crippen LogP contribution in [0.2, 0.25) is 5.02 Å². The van der Waals surface area contributed by atoms with Crippen LogP contribution in [-0.4, -0.2) is 30.0 Å². The molecule has 2 aromatic heterocycles. The van der Waals surface area contributed by atoms with E-state index in [2.05, 4.69) is 10.2 Å². The van der Waals surface area contributed by atoms with E-state index in [9.17, 15) is 9.90 Å². The first-order valence-corrected chi connectivity index (χ1v) is 10.4. The third kappa shape index (κ3) is 3.41. The molecule has 1 atom stereocenters. The van der Waals surface area contributed by atoms with Crippen molar-refractivity contribution in [2.75, 3.05) is 5.75 Å². The fourth-order valence-electron chi connectivity index (χ4n) is 3.19. The third-order valence-corrected chi connectivity index (χ3v) is 5.81. The summed E-state index contributed by atoms with van der Waals surface area (Å²) in [6.45, 7) is 2.59. The summed E-state index contributed by atoms with van der Waals surface area (Å²) in [5, 5.41) is 21.0. The van der Waals surface area contributed by atoms with Crippen LogP contribution in [0.15, 0.2) is 58.5 Å². The topological polar surface area (TPSA) is 72.4 Å². The van der Waals surface area contributed by atoms with Gasteiger partial charge in [-0.25, -0.2) is 0 Å². The number of hydrogen-bond donors (Lipinski definition) is 1. The van der Waals surface area contributed by atoms with Crippen molar-refractivity contribution in [3.05, 3.63) is 69.5 Å². The summed E-state index contributed by atoms with van der Waals surface area (Å²) in [5.74, 6) is 0.929. The highest BCUT2D eigenvalue weighted by atomic mass is 35.5. The van der Waals surface area contributed by atoms with Gasteiger partial charge in [0.15, 0.2) is 5.16 Å². The van der Waals surface area contributed by atoms with Crippen LogP contribution in [-0.2, 0) is 6.54 Å². The number of aliphatic hydroxyl groups excluding tert-OH is 1. The maximum Gasteiger partial charge on any atom is 0.262 e. The Kier molecular flexibility index (Phi) is 5.39. The Balaban J connectivity index is 1.74. The predicted molar refractivity (Wildman–Crippen MR) is 112 cm³/mol. The number of hydrogen-bond acceptors (Lipinski definition) is 5. The molecule has 0 fully saturated rings. The molecule has 1 unspecified atom stereocenters. The normalized spacial score (nSPS) is 12.7. The maximum atomic E-state index is 12.8. The number of halogens is 1. The highest BCUT2D eigenvalue weighted by molar-refractivity contribution is 7.99. The Morgan fingerprint density at radius 2 is 1.89 bits per heavy atom. The summed E-state index contributed by atoms with van der Waals surface area (Å²) in [7, 11) is 0. The molecule has 0 saturated carbocycles. The number of para-hydroxylation sites is 1. The van der Waals surface area contributed by atoms with E-state index in [1.807, 2.05) is 47.7 Å². The first kappa shape index (κ1) is 19.0. The van der Waals surface area contributed by atoms with Gasteiger partial charge in [0.05, 0.1) is 17.0 Å². The first-order valence-electron chi connectivity index (χ1n) is 9.03. The molecule has 1 N–H and O–H groups in total. The van der Waals surface area contributed by atoms with Gasteiger partial charge in [-0.3, -0.25) is 13.8 Å². The Bertz CT molecular complexity index is 1190. The zero-order chi connectivity index (χ0) is 19.7. The van der Waals surface area contributed by atoms with Crippen molar-refractivity contribution in [2.24, 2.45) is 0 Å². The maximum absolute atomic E-state index is 12.8. The van der Waals surface area contributed by atoms with Gasteiger partial charge >= 0.3 is 0 Å². The average Bonchev–Trinajstić information content (AvgIpc) is 3.14. The van der Waals surface area contributed by atoms with Gasteiger partial charge in [-0.2, -0.15) is 0 Å². The monoisotopic (exact) mass is 414 g/mol. The molecule has 0 aliphatic carbocycles. The van der Waals surface area contributed by atoms with Gasteiger partial charge in [-0.15, -0.1) is 10.2 Å². The van der Waals surface area contributed by atoms with Crippen molar-refractivity contribution >= 4 is 40.0 Å². The zero-order valence-corrected chi connectivity index (χ0v) is 16.8. The Hall–Kier alpha value is -2.35. The smallest absolute Gasteiger partial charge is 0.262 e. The SMILES string of the molecule is CCCn1c(=O)c2ccccc2n2c(SCC(O)c3ccc(Cl)cc3)nnc12. The summed E-state index contributed by atoms with van der Waals surface area (Å²) >= 11 is 7.31. The minimum absolute atomic E-state index is 0.0601. The minimum Gasteiger partial charge on any atom is -0.388 e. The lowest BCUT2D eigenvalue weighted by Gasteiger charge is -2.12. The summed E-state index contributed by atoms with van der Waals surface area (Å²) in [6, 6.07) is 14.6. The van der Waals surface area contributed by atoms with Crippen molar-refractivity contribution in [2.45, 2.75) is 31.1 Å². The van der Waals surface area contributed by atoms with Crippen LogP contribution in [0.5, 0.6) is 0 Å². The number of aliphatic hydroxyl groups is 1. The third-order valence-electron chi connectivity index (χ3n) is 4.55. The van der Waals surface area contributed by atoms with E-state index >= 15 is 0 Å². The molecule has 144 valence electrons. The highest BCUT2D eigenvalue weighted by Crippen LogP contribution is 2.26. The second kappa shape index (κ2) is 7.95. The molecule has 6 nitrogen and oxygen atoms in total. The lowest BCUT2D eigenvalue weighted by Crippen LogP contribution is -2.23. The number of benzene rings is 2. The molecular formula is C20H19ClN4O2S. The molecule has 0 spiro atoms. The molecule has 0 aliphatic heterocycles. The average molecular weight is 415 g/mol. The molecule has 28 heavy (non-hydrogen) atoms. The van der Waals surface area contributed by atoms with E-state index in [-0.39, 0.29) is 5.56 Å². The molecule has 0 aliphatic rings. The molecule has 4 rings (SSSR count). The van der Waals surface area contributed by atoms with Gasteiger partial charge in [0.2, 0.25) is 5.78 Å². The quantitative estimate of drug-likeness (QED) is 0.484. The van der Waals surface area contributed by atoms with Gasteiger partial charge in [0.25, 0.3) is 5.56 Å². The van der Waals surface area contributed by atoms with E-state index in [0.29, 0.717) is 33.6 Å². The van der Waals surface area contributed by atoms with Gasteiger partial charge in [0.1, 0.15) is 0 Å². The number of aromatic nitrogens is 4. The summed E-state index contributed by atoms with van der Waals surface area (Å²) in [6.07, 6.45) is 0.154. The zero-order valence-electron chi connectivity index (χ0n) is 15.2. The van der Waals surface area contributed by atoms with E-state index in [1.54, 1.807) is 16.7 Å². The number of fused-ring (bicyclic) bond motifs is 3. The number of nitrogens with zero attached hydrogens (tertiary/aromatic N) is 4. The van der Waals surface area contributed by atoms with Gasteiger partial charge in [-0.05, 0) is 36.2 Å². The van der Waals surface area contributed by atoms with E-state index in [0.717, 1.165) is 17.5 Å². The van der Waals surface area contributed by atoms with Crippen molar-refractivity contribution < 1.29 is 5.11 Å². The second-order valence-corrected chi connectivity index (χ2v) is 7.89. The molecule has 0 bridgehead atoms. The van der Waals surface area contributed by atoms with E-state index < -0.39 is 6.10 Å². The molecule has 0 amide bonds. The van der Waals surface area contributed by atoms with Crippen LogP contribution in [0.25, 0.3) is 16.7 Å². The highest BCUT2D eigenvalue weighted by Gasteiger charge is 2.17. The Morgan fingerprint density at radius 3 is 2.64 bits per heavy atom. The first-order chi connectivity index (χ1) is 13.6. The van der Waals surface area contributed by atoms with Gasteiger partial charge in [-0.1, -0.05) is 54.6 Å². The lowest BCUT2D eigenvalue weighted by atomic mass is 10.1. The molecule has 0 saturated heterocycles. The molecule has 2 heterocycles. The fourth-order valence-corrected chi connectivity index (χ4v) is 4.22. The van der Waals surface area contributed by atoms with Crippen LogP contribution in [0.1, 0.15) is 25.0 Å². The largest absolute Gasteiger partial charge is 0.388 e. The second-order valence-electron chi connectivity index (χ2n) is 6.47. The predicted octanol–water partition coefficient (Wildman–Crippen LogP) is 3.93. The van der Waals surface area contributed by atoms with Crippen molar-refractivity contribution in [1.82, 2.24) is 19.2 Å². The number of rotatable bonds is 6. The Morgan fingerprint density at radius 1 is 1.14 bits per heavy atom. The lowest BCUT2D eigenvalue weighted by molar-refractivity contribution is 0.204. The molecule has 2 aromatic carbocycles. The fraction of sp³-hybridized carbons (Fsp3) is 0.250. The van der Waals surface area contributed by atoms with Gasteiger partial charge in [0, 0.05) is 17.3 Å². The van der Waals surface area contributed by atoms with Crippen molar-refractivity contribution in [1.29, 1.82) is 0 Å². The number of thioether (sulfide) groups is 1. The molecule has 0 radical (unpaired) electrons. The number of aryl methyl sites for hydroxylation is 1. The van der Waals surface area contributed by atoms with Crippen LogP contribution in [0.3, 0.4) is 0 Å². The van der Waals surface area contributed by atoms with Crippen LogP contribution < -0.4 is 5.56 Å². The Labute approximate surface area is 170 Å². The van der Waals surface area contributed by atoms with Crippen LogP contribution >= 0.6 is 23.4 Å². The van der Waals surface area contributed by atoms with Gasteiger partial charge < -0.3 is 5.11 Å².